The van der Waals surface area contributed by atoms with E-state index >= 15 is 0 Å². The zero-order chi connectivity index (χ0) is 29.1. The number of aryl methyl sites for hydroxylation is 1. The summed E-state index contributed by atoms with van der Waals surface area (Å²) in [5.74, 6) is 0.133. The first-order valence-corrected chi connectivity index (χ1v) is 13.9. The maximum absolute atomic E-state index is 12.1. The third kappa shape index (κ3) is 9.30. The van der Waals surface area contributed by atoms with Gasteiger partial charge in [0.25, 0.3) is 0 Å². The van der Waals surface area contributed by atoms with Gasteiger partial charge in [-0.3, -0.25) is 9.78 Å². The number of thiazole rings is 1. The molecule has 2 unspecified atom stereocenters. The Morgan fingerprint density at radius 2 is 1.62 bits per heavy atom. The number of benzene rings is 1. The first-order valence-electron chi connectivity index (χ1n) is 13.1. The molecule has 2 atom stereocenters. The summed E-state index contributed by atoms with van der Waals surface area (Å²) in [4.78, 5) is 39.7. The van der Waals surface area contributed by atoms with Crippen molar-refractivity contribution in [2.75, 3.05) is 0 Å². The third-order valence-corrected chi connectivity index (χ3v) is 6.21. The number of rotatable bonds is 6. The fraction of sp³-hybridized carbons (Fsp3) is 0.400. The molecule has 0 spiro atoms. The monoisotopic (exact) mass is 549 g/mol. The standard InChI is InChI=1S/C24H25N5O2S.C3H6O.C3H8/c1-13(2)21(25)24(30)31-14(3)23-27-11-17(12-28-23)16-9-18(19-7-5-6-8-26-19)22-20(10-16)29-15(4)32-22;1-3(2)4;1-3-2/h5-14,21H,25H2,1-4H3;1-2H3;3H2,1-2H3. The fourth-order valence-corrected chi connectivity index (χ4v) is 4.22. The van der Waals surface area contributed by atoms with E-state index in [1.54, 1.807) is 36.9 Å². The summed E-state index contributed by atoms with van der Waals surface area (Å²) in [7, 11) is 0. The van der Waals surface area contributed by atoms with Crippen LogP contribution in [0.1, 0.15) is 71.8 Å². The number of aromatic nitrogens is 4. The highest BCUT2D eigenvalue weighted by atomic mass is 32.1. The zero-order valence-electron chi connectivity index (χ0n) is 24.1. The average molecular weight is 550 g/mol. The van der Waals surface area contributed by atoms with Crippen LogP contribution in [0.3, 0.4) is 0 Å². The average Bonchev–Trinajstić information content (AvgIpc) is 3.28. The Bertz CT molecular complexity index is 1350. The minimum atomic E-state index is -0.671. The van der Waals surface area contributed by atoms with Crippen molar-refractivity contribution in [3.63, 3.8) is 0 Å². The lowest BCUT2D eigenvalue weighted by Crippen LogP contribution is -2.37. The highest BCUT2D eigenvalue weighted by molar-refractivity contribution is 7.19. The third-order valence-electron chi connectivity index (χ3n) is 5.19. The first kappa shape index (κ1) is 31.7. The first-order chi connectivity index (χ1) is 18.5. The molecule has 4 rings (SSSR count). The number of ketones is 1. The predicted molar refractivity (Wildman–Crippen MR) is 158 cm³/mol. The second-order valence-electron chi connectivity index (χ2n) is 9.61. The quantitative estimate of drug-likeness (QED) is 0.263. The highest BCUT2D eigenvalue weighted by Crippen LogP contribution is 2.36. The molecular weight excluding hydrogens is 510 g/mol. The van der Waals surface area contributed by atoms with Crippen molar-refractivity contribution in [1.82, 2.24) is 19.9 Å². The topological polar surface area (TPSA) is 121 Å². The smallest absolute Gasteiger partial charge is 0.323 e. The number of esters is 1. The van der Waals surface area contributed by atoms with Gasteiger partial charge < -0.3 is 15.3 Å². The Hall–Kier alpha value is -3.56. The lowest BCUT2D eigenvalue weighted by Gasteiger charge is -2.18. The van der Waals surface area contributed by atoms with Crippen LogP contribution in [-0.2, 0) is 14.3 Å². The molecule has 9 heteroatoms. The number of ether oxygens (including phenoxy) is 1. The molecule has 0 radical (unpaired) electrons. The van der Waals surface area contributed by atoms with Crippen LogP contribution in [0.15, 0.2) is 48.9 Å². The van der Waals surface area contributed by atoms with Crippen LogP contribution in [-0.4, -0.2) is 37.7 Å². The van der Waals surface area contributed by atoms with Crippen molar-refractivity contribution >= 4 is 33.3 Å². The largest absolute Gasteiger partial charge is 0.453 e. The molecule has 1 aromatic carbocycles. The van der Waals surface area contributed by atoms with E-state index < -0.39 is 18.1 Å². The minimum absolute atomic E-state index is 0.00411. The Morgan fingerprint density at radius 1 is 1.00 bits per heavy atom. The van der Waals surface area contributed by atoms with E-state index in [9.17, 15) is 9.59 Å². The Balaban J connectivity index is 0.000000686. The van der Waals surface area contributed by atoms with Crippen LogP contribution in [0.4, 0.5) is 0 Å². The van der Waals surface area contributed by atoms with Gasteiger partial charge in [0.1, 0.15) is 11.8 Å². The lowest BCUT2D eigenvalue weighted by molar-refractivity contribution is -0.151. The summed E-state index contributed by atoms with van der Waals surface area (Å²) in [6.45, 7) is 14.8. The number of carbonyl (C=O) groups is 2. The van der Waals surface area contributed by atoms with E-state index in [2.05, 4.69) is 39.8 Å². The maximum Gasteiger partial charge on any atom is 0.323 e. The summed E-state index contributed by atoms with van der Waals surface area (Å²) >= 11 is 1.65. The molecule has 3 aromatic heterocycles. The van der Waals surface area contributed by atoms with Gasteiger partial charge in [0.15, 0.2) is 11.9 Å². The summed E-state index contributed by atoms with van der Waals surface area (Å²) in [6.07, 6.45) is 5.91. The van der Waals surface area contributed by atoms with E-state index in [0.717, 1.165) is 37.6 Å². The van der Waals surface area contributed by atoms with Crippen LogP contribution in [0.5, 0.6) is 0 Å². The summed E-state index contributed by atoms with van der Waals surface area (Å²) in [5, 5.41) is 0.996. The number of nitrogens with zero attached hydrogens (tertiary/aromatic N) is 4. The lowest BCUT2D eigenvalue weighted by atomic mass is 10.0. The van der Waals surface area contributed by atoms with Crippen LogP contribution in [0.2, 0.25) is 0 Å². The van der Waals surface area contributed by atoms with E-state index in [1.807, 2.05) is 45.0 Å². The molecule has 4 aromatic rings. The van der Waals surface area contributed by atoms with Gasteiger partial charge in [-0.1, -0.05) is 40.2 Å². The van der Waals surface area contributed by atoms with Gasteiger partial charge in [0, 0.05) is 29.7 Å². The molecule has 0 amide bonds. The van der Waals surface area contributed by atoms with Gasteiger partial charge in [0.05, 0.1) is 20.9 Å². The van der Waals surface area contributed by atoms with Crippen molar-refractivity contribution in [3.8, 4) is 22.4 Å². The molecule has 0 bridgehead atoms. The molecule has 0 aliphatic heterocycles. The van der Waals surface area contributed by atoms with E-state index in [1.165, 1.54) is 20.3 Å². The van der Waals surface area contributed by atoms with Crippen molar-refractivity contribution < 1.29 is 14.3 Å². The molecule has 208 valence electrons. The minimum Gasteiger partial charge on any atom is -0.453 e. The molecule has 39 heavy (non-hydrogen) atoms. The number of carbonyl (C=O) groups excluding carboxylic acids is 2. The van der Waals surface area contributed by atoms with Gasteiger partial charge in [-0.2, -0.15) is 0 Å². The molecular formula is C30H39N5O3S. The summed E-state index contributed by atoms with van der Waals surface area (Å²) in [5.41, 5.74) is 10.5. The van der Waals surface area contributed by atoms with Gasteiger partial charge in [-0.15, -0.1) is 11.3 Å². The number of nitrogens with two attached hydrogens (primary N) is 1. The van der Waals surface area contributed by atoms with E-state index in [-0.39, 0.29) is 11.7 Å². The molecule has 2 N–H and O–H groups in total. The van der Waals surface area contributed by atoms with Crippen LogP contribution in [0, 0.1) is 12.8 Å². The maximum atomic E-state index is 12.1. The normalized spacial score (nSPS) is 12.1. The Morgan fingerprint density at radius 3 is 2.15 bits per heavy atom. The Kier molecular flexibility index (Phi) is 12.3. The molecule has 0 fully saturated rings. The second kappa shape index (κ2) is 15.1. The van der Waals surface area contributed by atoms with Gasteiger partial charge >= 0.3 is 5.97 Å². The van der Waals surface area contributed by atoms with Crippen LogP contribution in [0.25, 0.3) is 32.6 Å². The van der Waals surface area contributed by atoms with Gasteiger partial charge in [0.2, 0.25) is 0 Å². The number of pyridine rings is 1. The highest BCUT2D eigenvalue weighted by Gasteiger charge is 2.23. The van der Waals surface area contributed by atoms with Crippen LogP contribution >= 0.6 is 11.3 Å². The van der Waals surface area contributed by atoms with Crippen molar-refractivity contribution in [1.29, 1.82) is 0 Å². The number of hydrogen-bond donors (Lipinski definition) is 1. The molecule has 0 saturated heterocycles. The van der Waals surface area contributed by atoms with Crippen molar-refractivity contribution in [3.05, 3.63) is 59.8 Å². The number of Topliss-reactive ketones (excluding diaryl/α,β-unsaturated/α-hetero) is 1. The molecule has 0 aliphatic rings. The van der Waals surface area contributed by atoms with E-state index in [4.69, 9.17) is 10.5 Å². The molecule has 0 saturated carbocycles. The predicted octanol–water partition coefficient (Wildman–Crippen LogP) is 6.72. The number of fused-ring (bicyclic) bond motifs is 1. The molecule has 3 heterocycles. The van der Waals surface area contributed by atoms with Crippen molar-refractivity contribution in [2.24, 2.45) is 11.7 Å². The summed E-state index contributed by atoms with van der Waals surface area (Å²) in [6, 6.07) is 9.32. The van der Waals surface area contributed by atoms with Gasteiger partial charge in [-0.05, 0) is 63.4 Å². The summed E-state index contributed by atoms with van der Waals surface area (Å²) < 4.78 is 6.54. The van der Waals surface area contributed by atoms with Gasteiger partial charge in [-0.25, -0.2) is 15.0 Å². The van der Waals surface area contributed by atoms with Crippen LogP contribution < -0.4 is 5.73 Å². The fourth-order valence-electron chi connectivity index (χ4n) is 3.30. The second-order valence-corrected chi connectivity index (χ2v) is 10.8. The Labute approximate surface area is 235 Å². The molecule has 8 nitrogen and oxygen atoms in total. The van der Waals surface area contributed by atoms with Crippen molar-refractivity contribution in [2.45, 2.75) is 74.0 Å². The SMILES string of the molecule is CC(C)=O.CCC.Cc1nc2cc(-c3cnc(C(C)OC(=O)C(N)C(C)C)nc3)cc(-c3ccccn3)c2s1. The zero-order valence-corrected chi connectivity index (χ0v) is 24.9. The van der Waals surface area contributed by atoms with E-state index in [0.29, 0.717) is 5.82 Å². The number of hydrogen-bond acceptors (Lipinski definition) is 9. The molecule has 0 aliphatic carbocycles.